The SMILES string of the molecule is CC(C)N1Cc2cc(C#N)ccc2C1=O. The van der Waals surface area contributed by atoms with E-state index < -0.39 is 0 Å². The lowest BCUT2D eigenvalue weighted by atomic mass is 10.1. The Labute approximate surface area is 88.9 Å². The van der Waals surface area contributed by atoms with Crippen molar-refractivity contribution in [2.24, 2.45) is 0 Å². The lowest BCUT2D eigenvalue weighted by Gasteiger charge is -2.19. The molecule has 0 fully saturated rings. The predicted molar refractivity (Wildman–Crippen MR) is 56.2 cm³/mol. The Morgan fingerprint density at radius 3 is 2.80 bits per heavy atom. The number of amides is 1. The van der Waals surface area contributed by atoms with Gasteiger partial charge in [-0.15, -0.1) is 0 Å². The molecular weight excluding hydrogens is 188 g/mol. The fraction of sp³-hybridized carbons (Fsp3) is 0.333. The molecular formula is C12H12N2O. The second-order valence-electron chi connectivity index (χ2n) is 4.01. The molecule has 1 amide bonds. The zero-order valence-electron chi connectivity index (χ0n) is 8.82. The quantitative estimate of drug-likeness (QED) is 0.695. The van der Waals surface area contributed by atoms with Gasteiger partial charge in [0.2, 0.25) is 0 Å². The summed E-state index contributed by atoms with van der Waals surface area (Å²) in [5.41, 5.74) is 2.32. The fourth-order valence-electron chi connectivity index (χ4n) is 1.83. The molecule has 3 nitrogen and oxygen atoms in total. The first-order valence-electron chi connectivity index (χ1n) is 4.97. The van der Waals surface area contributed by atoms with Crippen molar-refractivity contribution in [2.45, 2.75) is 26.4 Å². The van der Waals surface area contributed by atoms with Gasteiger partial charge in [-0.05, 0) is 37.6 Å². The maximum absolute atomic E-state index is 11.9. The van der Waals surface area contributed by atoms with Gasteiger partial charge in [0, 0.05) is 18.2 Å². The summed E-state index contributed by atoms with van der Waals surface area (Å²) in [5.74, 6) is 0.0736. The molecule has 0 unspecified atom stereocenters. The van der Waals surface area contributed by atoms with E-state index in [0.717, 1.165) is 11.1 Å². The number of carbonyl (C=O) groups excluding carboxylic acids is 1. The summed E-state index contributed by atoms with van der Waals surface area (Å²) >= 11 is 0. The van der Waals surface area contributed by atoms with Crippen LogP contribution in [0.4, 0.5) is 0 Å². The number of rotatable bonds is 1. The highest BCUT2D eigenvalue weighted by molar-refractivity contribution is 5.98. The zero-order valence-corrected chi connectivity index (χ0v) is 8.82. The molecule has 0 saturated heterocycles. The van der Waals surface area contributed by atoms with E-state index in [-0.39, 0.29) is 11.9 Å². The van der Waals surface area contributed by atoms with Crippen LogP contribution < -0.4 is 0 Å². The maximum Gasteiger partial charge on any atom is 0.254 e. The summed E-state index contributed by atoms with van der Waals surface area (Å²) in [6, 6.07) is 7.53. The van der Waals surface area contributed by atoms with Crippen molar-refractivity contribution in [1.82, 2.24) is 4.90 Å². The Hall–Kier alpha value is -1.82. The summed E-state index contributed by atoms with van der Waals surface area (Å²) < 4.78 is 0. The molecule has 1 heterocycles. The minimum atomic E-state index is 0.0736. The molecule has 0 radical (unpaired) electrons. The smallest absolute Gasteiger partial charge is 0.254 e. The summed E-state index contributed by atoms with van der Waals surface area (Å²) in [4.78, 5) is 13.7. The van der Waals surface area contributed by atoms with Crippen LogP contribution in [0.15, 0.2) is 18.2 Å². The molecule has 0 atom stereocenters. The maximum atomic E-state index is 11.9. The highest BCUT2D eigenvalue weighted by atomic mass is 16.2. The molecule has 0 saturated carbocycles. The number of nitrogens with zero attached hydrogens (tertiary/aromatic N) is 2. The Morgan fingerprint density at radius 1 is 1.47 bits per heavy atom. The molecule has 0 aromatic heterocycles. The van der Waals surface area contributed by atoms with Gasteiger partial charge < -0.3 is 4.90 Å². The summed E-state index contributed by atoms with van der Waals surface area (Å²) in [7, 11) is 0. The number of fused-ring (bicyclic) bond motifs is 1. The zero-order chi connectivity index (χ0) is 11.0. The number of hydrogen-bond donors (Lipinski definition) is 0. The number of benzene rings is 1. The Balaban J connectivity index is 2.42. The molecule has 2 rings (SSSR count). The Bertz CT molecular complexity index is 457. The van der Waals surface area contributed by atoms with Crippen LogP contribution in [-0.4, -0.2) is 16.8 Å². The predicted octanol–water partition coefficient (Wildman–Crippen LogP) is 1.92. The van der Waals surface area contributed by atoms with Crippen molar-refractivity contribution in [3.8, 4) is 6.07 Å². The number of nitriles is 1. The van der Waals surface area contributed by atoms with Crippen molar-refractivity contribution in [2.75, 3.05) is 0 Å². The van der Waals surface area contributed by atoms with Crippen LogP contribution in [0, 0.1) is 11.3 Å². The van der Waals surface area contributed by atoms with E-state index in [0.29, 0.717) is 12.1 Å². The molecule has 0 aliphatic carbocycles. The van der Waals surface area contributed by atoms with Crippen molar-refractivity contribution < 1.29 is 4.79 Å². The van der Waals surface area contributed by atoms with Gasteiger partial charge in [0.25, 0.3) is 5.91 Å². The lowest BCUT2D eigenvalue weighted by Crippen LogP contribution is -2.30. The van der Waals surface area contributed by atoms with Gasteiger partial charge in [-0.2, -0.15) is 5.26 Å². The summed E-state index contributed by atoms with van der Waals surface area (Å²) in [5, 5.41) is 8.76. The molecule has 3 heteroatoms. The van der Waals surface area contributed by atoms with Crippen LogP contribution in [0.5, 0.6) is 0 Å². The van der Waals surface area contributed by atoms with Crippen molar-refractivity contribution in [3.05, 3.63) is 34.9 Å². The van der Waals surface area contributed by atoms with Crippen LogP contribution in [-0.2, 0) is 6.54 Å². The highest BCUT2D eigenvalue weighted by Gasteiger charge is 2.28. The topological polar surface area (TPSA) is 44.1 Å². The number of hydrogen-bond acceptors (Lipinski definition) is 2. The first-order valence-corrected chi connectivity index (χ1v) is 4.97. The molecule has 15 heavy (non-hydrogen) atoms. The van der Waals surface area contributed by atoms with Gasteiger partial charge in [-0.3, -0.25) is 4.79 Å². The molecule has 0 N–H and O–H groups in total. The van der Waals surface area contributed by atoms with Crippen LogP contribution in [0.3, 0.4) is 0 Å². The van der Waals surface area contributed by atoms with E-state index in [4.69, 9.17) is 5.26 Å². The summed E-state index contributed by atoms with van der Waals surface area (Å²) in [6.45, 7) is 4.62. The van der Waals surface area contributed by atoms with Gasteiger partial charge >= 0.3 is 0 Å². The Morgan fingerprint density at radius 2 is 2.20 bits per heavy atom. The monoisotopic (exact) mass is 200 g/mol. The standard InChI is InChI=1S/C12H12N2O/c1-8(2)14-7-10-5-9(6-13)3-4-11(10)12(14)15/h3-5,8H,7H2,1-2H3. The lowest BCUT2D eigenvalue weighted by molar-refractivity contribution is 0.0730. The van der Waals surface area contributed by atoms with E-state index in [2.05, 4.69) is 6.07 Å². The van der Waals surface area contributed by atoms with Crippen LogP contribution in [0.2, 0.25) is 0 Å². The molecule has 1 aromatic rings. The molecule has 1 aliphatic heterocycles. The largest absolute Gasteiger partial charge is 0.332 e. The van der Waals surface area contributed by atoms with E-state index >= 15 is 0 Å². The second kappa shape index (κ2) is 3.39. The van der Waals surface area contributed by atoms with Crippen molar-refractivity contribution in [3.63, 3.8) is 0 Å². The van der Waals surface area contributed by atoms with Gasteiger partial charge in [0.15, 0.2) is 0 Å². The fourth-order valence-corrected chi connectivity index (χ4v) is 1.83. The third-order valence-electron chi connectivity index (χ3n) is 2.69. The van der Waals surface area contributed by atoms with Crippen LogP contribution in [0.25, 0.3) is 0 Å². The average molecular weight is 200 g/mol. The minimum Gasteiger partial charge on any atom is -0.332 e. The normalized spacial score (nSPS) is 14.3. The molecule has 1 aromatic carbocycles. The van der Waals surface area contributed by atoms with Gasteiger partial charge in [-0.1, -0.05) is 0 Å². The minimum absolute atomic E-state index is 0.0736. The molecule has 76 valence electrons. The van der Waals surface area contributed by atoms with E-state index in [1.807, 2.05) is 18.7 Å². The van der Waals surface area contributed by atoms with Crippen molar-refractivity contribution in [1.29, 1.82) is 5.26 Å². The average Bonchev–Trinajstić information content (AvgIpc) is 2.55. The third kappa shape index (κ3) is 1.48. The van der Waals surface area contributed by atoms with Crippen molar-refractivity contribution >= 4 is 5.91 Å². The van der Waals surface area contributed by atoms with E-state index in [1.165, 1.54) is 0 Å². The van der Waals surface area contributed by atoms with E-state index in [1.54, 1.807) is 18.2 Å². The summed E-state index contributed by atoms with van der Waals surface area (Å²) in [6.07, 6.45) is 0. The van der Waals surface area contributed by atoms with Gasteiger partial charge in [-0.25, -0.2) is 0 Å². The van der Waals surface area contributed by atoms with Crippen LogP contribution >= 0.6 is 0 Å². The highest BCUT2D eigenvalue weighted by Crippen LogP contribution is 2.25. The molecule has 0 bridgehead atoms. The third-order valence-corrected chi connectivity index (χ3v) is 2.69. The Kier molecular flexibility index (Phi) is 2.20. The van der Waals surface area contributed by atoms with E-state index in [9.17, 15) is 4.79 Å². The second-order valence-corrected chi connectivity index (χ2v) is 4.01. The first kappa shape index (κ1) is 9.72. The molecule has 0 spiro atoms. The molecule has 1 aliphatic rings. The van der Waals surface area contributed by atoms with Gasteiger partial charge in [0.1, 0.15) is 0 Å². The first-order chi connectivity index (χ1) is 7.13. The van der Waals surface area contributed by atoms with Gasteiger partial charge in [0.05, 0.1) is 11.6 Å². The number of carbonyl (C=O) groups is 1. The van der Waals surface area contributed by atoms with Crippen LogP contribution in [0.1, 0.15) is 35.3 Å².